The number of benzene rings is 2. The number of hydrogen-bond donors (Lipinski definition) is 1. The van der Waals surface area contributed by atoms with Crippen LogP contribution in [0.4, 0.5) is 0 Å². The first kappa shape index (κ1) is 12.4. The van der Waals surface area contributed by atoms with Gasteiger partial charge < -0.3 is 5.11 Å². The van der Waals surface area contributed by atoms with Gasteiger partial charge in [0.25, 0.3) is 0 Å². The van der Waals surface area contributed by atoms with E-state index in [0.717, 1.165) is 19.3 Å². The monoisotopic (exact) mass is 252 g/mol. The predicted octanol–water partition coefficient (Wildman–Crippen LogP) is 3.63. The molecule has 0 saturated carbocycles. The van der Waals surface area contributed by atoms with Crippen molar-refractivity contribution in [3.63, 3.8) is 0 Å². The van der Waals surface area contributed by atoms with E-state index >= 15 is 0 Å². The van der Waals surface area contributed by atoms with Gasteiger partial charge >= 0.3 is 0 Å². The fraction of sp³-hybridized carbons (Fsp3) is 0.333. The van der Waals surface area contributed by atoms with E-state index < -0.39 is 0 Å². The summed E-state index contributed by atoms with van der Waals surface area (Å²) in [5.74, 6) is 0.303. The van der Waals surface area contributed by atoms with E-state index in [2.05, 4.69) is 55.5 Å². The van der Waals surface area contributed by atoms with Crippen LogP contribution in [0.2, 0.25) is 0 Å². The molecule has 2 atom stereocenters. The summed E-state index contributed by atoms with van der Waals surface area (Å²) in [7, 11) is 0. The molecule has 0 spiro atoms. The molecule has 2 aromatic carbocycles. The van der Waals surface area contributed by atoms with Gasteiger partial charge in [0.15, 0.2) is 0 Å². The second-order valence-electron chi connectivity index (χ2n) is 5.60. The third-order valence-electron chi connectivity index (χ3n) is 4.21. The third-order valence-corrected chi connectivity index (χ3v) is 4.21. The van der Waals surface area contributed by atoms with Gasteiger partial charge in [0.1, 0.15) is 0 Å². The second kappa shape index (κ2) is 5.18. The Morgan fingerprint density at radius 1 is 1.11 bits per heavy atom. The maximum atomic E-state index is 10.5. The third kappa shape index (κ3) is 2.57. The van der Waals surface area contributed by atoms with Crippen LogP contribution in [0, 0.1) is 6.92 Å². The quantitative estimate of drug-likeness (QED) is 0.884. The van der Waals surface area contributed by atoms with Crippen molar-refractivity contribution in [2.75, 3.05) is 0 Å². The van der Waals surface area contributed by atoms with Crippen molar-refractivity contribution < 1.29 is 5.11 Å². The molecule has 0 bridgehead atoms. The van der Waals surface area contributed by atoms with Gasteiger partial charge in [-0.25, -0.2) is 0 Å². The molecule has 0 heterocycles. The smallest absolute Gasteiger partial charge is 0.0649 e. The number of fused-ring (bicyclic) bond motifs is 1. The Hall–Kier alpha value is -1.60. The molecule has 19 heavy (non-hydrogen) atoms. The highest BCUT2D eigenvalue weighted by Crippen LogP contribution is 2.36. The van der Waals surface area contributed by atoms with E-state index in [9.17, 15) is 5.11 Å². The van der Waals surface area contributed by atoms with E-state index in [1.165, 1.54) is 22.3 Å². The van der Waals surface area contributed by atoms with Gasteiger partial charge in [-0.15, -0.1) is 0 Å². The predicted molar refractivity (Wildman–Crippen MR) is 78.4 cm³/mol. The first-order chi connectivity index (χ1) is 9.24. The molecule has 1 aliphatic rings. The fourth-order valence-corrected chi connectivity index (χ4v) is 3.10. The van der Waals surface area contributed by atoms with E-state index in [4.69, 9.17) is 0 Å². The summed E-state index contributed by atoms with van der Waals surface area (Å²) in [6.45, 7) is 2.09. The van der Waals surface area contributed by atoms with Crippen molar-refractivity contribution in [3.8, 4) is 0 Å². The average Bonchev–Trinajstić information content (AvgIpc) is 2.85. The molecular weight excluding hydrogens is 232 g/mol. The summed E-state index contributed by atoms with van der Waals surface area (Å²) in [4.78, 5) is 0. The minimum Gasteiger partial charge on any atom is -0.392 e. The molecule has 2 unspecified atom stereocenters. The molecule has 0 saturated heterocycles. The van der Waals surface area contributed by atoms with Crippen LogP contribution in [-0.4, -0.2) is 11.2 Å². The molecule has 0 amide bonds. The highest BCUT2D eigenvalue weighted by atomic mass is 16.3. The highest BCUT2D eigenvalue weighted by Gasteiger charge is 2.28. The Morgan fingerprint density at radius 3 is 2.63 bits per heavy atom. The summed E-state index contributed by atoms with van der Waals surface area (Å²) in [6.07, 6.45) is 2.66. The zero-order valence-electron chi connectivity index (χ0n) is 11.3. The molecule has 1 heteroatoms. The first-order valence-corrected chi connectivity index (χ1v) is 7.05. The van der Waals surface area contributed by atoms with Crippen LogP contribution in [0.15, 0.2) is 48.5 Å². The van der Waals surface area contributed by atoms with Gasteiger partial charge in [-0.3, -0.25) is 0 Å². The SMILES string of the molecule is Cc1ccc(CC(O)C2CCc3ccccc32)cc1. The highest BCUT2D eigenvalue weighted by molar-refractivity contribution is 5.36. The number of hydrogen-bond acceptors (Lipinski definition) is 1. The molecule has 1 N–H and O–H groups in total. The van der Waals surface area contributed by atoms with Gasteiger partial charge in [0.05, 0.1) is 6.10 Å². The molecule has 0 radical (unpaired) electrons. The van der Waals surface area contributed by atoms with E-state index in [1.807, 2.05) is 0 Å². The largest absolute Gasteiger partial charge is 0.392 e. The van der Waals surface area contributed by atoms with E-state index in [1.54, 1.807) is 0 Å². The van der Waals surface area contributed by atoms with Gasteiger partial charge in [0, 0.05) is 5.92 Å². The van der Waals surface area contributed by atoms with Gasteiger partial charge in [-0.1, -0.05) is 54.1 Å². The lowest BCUT2D eigenvalue weighted by atomic mass is 9.91. The normalized spacial score (nSPS) is 19.2. The van der Waals surface area contributed by atoms with Crippen molar-refractivity contribution >= 4 is 0 Å². The first-order valence-electron chi connectivity index (χ1n) is 7.05. The minimum absolute atomic E-state index is 0.272. The number of aliphatic hydroxyl groups is 1. The number of aryl methyl sites for hydroxylation is 2. The molecular formula is C18H20O. The Kier molecular flexibility index (Phi) is 3.39. The van der Waals surface area contributed by atoms with Crippen LogP contribution in [0.3, 0.4) is 0 Å². The summed E-state index contributed by atoms with van der Waals surface area (Å²) in [5.41, 5.74) is 5.25. The fourth-order valence-electron chi connectivity index (χ4n) is 3.10. The van der Waals surface area contributed by atoms with Crippen molar-refractivity contribution in [2.24, 2.45) is 0 Å². The van der Waals surface area contributed by atoms with Gasteiger partial charge in [-0.2, -0.15) is 0 Å². The molecule has 0 aromatic heterocycles. The Balaban J connectivity index is 1.75. The second-order valence-corrected chi connectivity index (χ2v) is 5.60. The molecule has 98 valence electrons. The standard InChI is InChI=1S/C18H20O/c1-13-6-8-14(9-7-13)12-18(19)17-11-10-15-4-2-3-5-16(15)17/h2-9,17-19H,10-12H2,1H3. The maximum Gasteiger partial charge on any atom is 0.0649 e. The number of rotatable bonds is 3. The zero-order chi connectivity index (χ0) is 13.2. The van der Waals surface area contributed by atoms with Gasteiger partial charge in [-0.05, 0) is 42.9 Å². The summed E-state index contributed by atoms with van der Waals surface area (Å²) < 4.78 is 0. The number of aliphatic hydroxyl groups excluding tert-OH is 1. The summed E-state index contributed by atoms with van der Waals surface area (Å²) in [6, 6.07) is 17.0. The van der Waals surface area contributed by atoms with E-state index in [0.29, 0.717) is 5.92 Å². The zero-order valence-corrected chi connectivity index (χ0v) is 11.3. The molecule has 0 fully saturated rings. The molecule has 0 aliphatic heterocycles. The molecule has 3 rings (SSSR count). The molecule has 2 aromatic rings. The van der Waals surface area contributed by atoms with Crippen LogP contribution in [0.5, 0.6) is 0 Å². The van der Waals surface area contributed by atoms with Crippen molar-refractivity contribution in [1.29, 1.82) is 0 Å². The van der Waals surface area contributed by atoms with Crippen LogP contribution < -0.4 is 0 Å². The molecule has 1 aliphatic carbocycles. The van der Waals surface area contributed by atoms with Crippen LogP contribution in [0.25, 0.3) is 0 Å². The van der Waals surface area contributed by atoms with Crippen LogP contribution in [0.1, 0.15) is 34.6 Å². The lowest BCUT2D eigenvalue weighted by Crippen LogP contribution is -2.19. The van der Waals surface area contributed by atoms with Crippen molar-refractivity contribution in [3.05, 3.63) is 70.8 Å². The topological polar surface area (TPSA) is 20.2 Å². The van der Waals surface area contributed by atoms with Crippen LogP contribution in [-0.2, 0) is 12.8 Å². The lowest BCUT2D eigenvalue weighted by Gasteiger charge is -2.19. The summed E-state index contributed by atoms with van der Waals surface area (Å²) >= 11 is 0. The van der Waals surface area contributed by atoms with Gasteiger partial charge in [0.2, 0.25) is 0 Å². The Bertz CT molecular complexity index is 556. The maximum absolute atomic E-state index is 10.5. The van der Waals surface area contributed by atoms with E-state index in [-0.39, 0.29) is 6.10 Å². The van der Waals surface area contributed by atoms with Crippen molar-refractivity contribution in [1.82, 2.24) is 0 Å². The average molecular weight is 252 g/mol. The van der Waals surface area contributed by atoms with Crippen molar-refractivity contribution in [2.45, 2.75) is 38.2 Å². The van der Waals surface area contributed by atoms with Crippen LogP contribution >= 0.6 is 0 Å². The molecule has 1 nitrogen and oxygen atoms in total. The summed E-state index contributed by atoms with van der Waals surface area (Å²) in [5, 5.41) is 10.5. The minimum atomic E-state index is -0.272. The Labute approximate surface area is 114 Å². The Morgan fingerprint density at radius 2 is 1.84 bits per heavy atom. The lowest BCUT2D eigenvalue weighted by molar-refractivity contribution is 0.143.